The average Bonchev–Trinajstić information content (AvgIpc) is 2.82. The van der Waals surface area contributed by atoms with Crippen molar-refractivity contribution in [2.45, 2.75) is 25.8 Å². The number of fused-ring (bicyclic) bond motifs is 1. The van der Waals surface area contributed by atoms with Crippen LogP contribution < -0.4 is 5.32 Å². The van der Waals surface area contributed by atoms with E-state index in [1.165, 1.54) is 6.26 Å². The van der Waals surface area contributed by atoms with Gasteiger partial charge >= 0.3 is 0 Å². The first-order valence-corrected chi connectivity index (χ1v) is 6.48. The van der Waals surface area contributed by atoms with E-state index in [-0.39, 0.29) is 5.91 Å². The lowest BCUT2D eigenvalue weighted by Crippen LogP contribution is -2.47. The van der Waals surface area contributed by atoms with Crippen LogP contribution in [-0.4, -0.2) is 17.3 Å². The number of para-hydroxylation sites is 1. The number of carbonyl (C=O) groups excluding carboxylic acids is 1. The summed E-state index contributed by atoms with van der Waals surface area (Å²) in [7, 11) is 0. The van der Waals surface area contributed by atoms with Crippen molar-refractivity contribution in [3.05, 3.63) is 36.1 Å². The number of halogens is 1. The number of carbonyl (C=O) groups is 1. The maximum Gasteiger partial charge on any atom is 0.255 e. The molecule has 0 fully saturated rings. The summed E-state index contributed by atoms with van der Waals surface area (Å²) in [5.41, 5.74) is 0.874. The van der Waals surface area contributed by atoms with E-state index in [0.717, 1.165) is 11.8 Å². The predicted octanol–water partition coefficient (Wildman–Crippen LogP) is 3.57. The Bertz CT molecular complexity index is 558. The molecule has 1 atom stereocenters. The summed E-state index contributed by atoms with van der Waals surface area (Å²) in [4.78, 5) is 12.2. The SMILES string of the molecule is CCC(C)(CCl)NC(=O)c1coc2ccccc12. The highest BCUT2D eigenvalue weighted by Crippen LogP contribution is 2.22. The minimum atomic E-state index is -0.392. The maximum atomic E-state index is 12.2. The molecule has 2 aromatic rings. The first-order chi connectivity index (χ1) is 8.59. The molecule has 3 nitrogen and oxygen atoms in total. The van der Waals surface area contributed by atoms with E-state index in [1.807, 2.05) is 38.1 Å². The molecule has 2 rings (SSSR count). The Kier molecular flexibility index (Phi) is 3.62. The zero-order chi connectivity index (χ0) is 13.2. The van der Waals surface area contributed by atoms with Crippen molar-refractivity contribution < 1.29 is 9.21 Å². The highest BCUT2D eigenvalue weighted by Gasteiger charge is 2.25. The number of furan rings is 1. The van der Waals surface area contributed by atoms with Crippen molar-refractivity contribution in [3.8, 4) is 0 Å². The monoisotopic (exact) mass is 265 g/mol. The van der Waals surface area contributed by atoms with Gasteiger partial charge in [0.15, 0.2) is 0 Å². The second-order valence-corrected chi connectivity index (χ2v) is 4.91. The largest absolute Gasteiger partial charge is 0.463 e. The second-order valence-electron chi connectivity index (χ2n) is 4.65. The van der Waals surface area contributed by atoms with Gasteiger partial charge in [-0.25, -0.2) is 0 Å². The smallest absolute Gasteiger partial charge is 0.255 e. The Labute approximate surface area is 111 Å². The van der Waals surface area contributed by atoms with E-state index in [1.54, 1.807) is 0 Å². The standard InChI is InChI=1S/C14H16ClNO2/c1-3-14(2,9-15)16-13(17)11-8-18-12-7-5-4-6-10(11)12/h4-8H,3,9H2,1-2H3,(H,16,17). The molecule has 18 heavy (non-hydrogen) atoms. The molecule has 0 bridgehead atoms. The van der Waals surface area contributed by atoms with Gasteiger partial charge in [-0.3, -0.25) is 4.79 Å². The number of nitrogens with one attached hydrogen (secondary N) is 1. The maximum absolute atomic E-state index is 12.2. The van der Waals surface area contributed by atoms with Crippen LogP contribution in [-0.2, 0) is 0 Å². The quantitative estimate of drug-likeness (QED) is 0.859. The van der Waals surface area contributed by atoms with E-state index in [9.17, 15) is 4.79 Å². The van der Waals surface area contributed by atoms with E-state index < -0.39 is 5.54 Å². The van der Waals surface area contributed by atoms with Crippen LogP contribution in [0, 0.1) is 0 Å². The fraction of sp³-hybridized carbons (Fsp3) is 0.357. The van der Waals surface area contributed by atoms with Gasteiger partial charge < -0.3 is 9.73 Å². The zero-order valence-electron chi connectivity index (χ0n) is 10.5. The molecular formula is C14H16ClNO2. The summed E-state index contributed by atoms with van der Waals surface area (Å²) in [5, 5.41) is 3.78. The molecule has 4 heteroatoms. The molecular weight excluding hydrogens is 250 g/mol. The molecule has 1 N–H and O–H groups in total. The van der Waals surface area contributed by atoms with Gasteiger partial charge in [-0.1, -0.05) is 25.1 Å². The molecule has 1 aromatic heterocycles. The van der Waals surface area contributed by atoms with Crippen LogP contribution in [0.3, 0.4) is 0 Å². The van der Waals surface area contributed by atoms with Crippen LogP contribution in [0.2, 0.25) is 0 Å². The van der Waals surface area contributed by atoms with E-state index in [0.29, 0.717) is 17.0 Å². The van der Waals surface area contributed by atoms with Gasteiger partial charge in [-0.15, -0.1) is 11.6 Å². The Hall–Kier alpha value is -1.48. The van der Waals surface area contributed by atoms with Crippen LogP contribution in [0.1, 0.15) is 30.6 Å². The van der Waals surface area contributed by atoms with Crippen LogP contribution in [0.15, 0.2) is 34.9 Å². The molecule has 96 valence electrons. The molecule has 0 spiro atoms. The van der Waals surface area contributed by atoms with Gasteiger partial charge in [-0.2, -0.15) is 0 Å². The average molecular weight is 266 g/mol. The number of hydrogen-bond acceptors (Lipinski definition) is 2. The first kappa shape index (κ1) is 13.0. The van der Waals surface area contributed by atoms with E-state index in [2.05, 4.69) is 5.32 Å². The fourth-order valence-corrected chi connectivity index (χ4v) is 1.97. The summed E-state index contributed by atoms with van der Waals surface area (Å²) < 4.78 is 5.36. The molecule has 0 saturated carbocycles. The summed E-state index contributed by atoms with van der Waals surface area (Å²) in [5.74, 6) is 0.232. The third-order valence-corrected chi connectivity index (χ3v) is 3.81. The number of hydrogen-bond donors (Lipinski definition) is 1. The number of alkyl halides is 1. The van der Waals surface area contributed by atoms with Crippen molar-refractivity contribution >= 4 is 28.5 Å². The van der Waals surface area contributed by atoms with Gasteiger partial charge in [-0.05, 0) is 19.4 Å². The third kappa shape index (κ3) is 2.36. The van der Waals surface area contributed by atoms with Crippen LogP contribution in [0.4, 0.5) is 0 Å². The second kappa shape index (κ2) is 5.02. The first-order valence-electron chi connectivity index (χ1n) is 5.94. The lowest BCUT2D eigenvalue weighted by molar-refractivity contribution is 0.0913. The van der Waals surface area contributed by atoms with Crippen LogP contribution in [0.5, 0.6) is 0 Å². The summed E-state index contributed by atoms with van der Waals surface area (Å²) in [6.07, 6.45) is 2.27. The third-order valence-electron chi connectivity index (χ3n) is 3.22. The predicted molar refractivity (Wildman–Crippen MR) is 73.1 cm³/mol. The van der Waals surface area contributed by atoms with Gasteiger partial charge in [0.05, 0.1) is 11.1 Å². The van der Waals surface area contributed by atoms with Crippen molar-refractivity contribution in [1.29, 1.82) is 0 Å². The summed E-state index contributed by atoms with van der Waals surface area (Å²) >= 11 is 5.89. The number of rotatable bonds is 4. The topological polar surface area (TPSA) is 42.2 Å². The van der Waals surface area contributed by atoms with Gasteiger partial charge in [0.1, 0.15) is 11.8 Å². The van der Waals surface area contributed by atoms with E-state index in [4.69, 9.17) is 16.0 Å². The number of amides is 1. The lowest BCUT2D eigenvalue weighted by atomic mass is 10.0. The Morgan fingerprint density at radius 2 is 2.17 bits per heavy atom. The highest BCUT2D eigenvalue weighted by atomic mass is 35.5. The van der Waals surface area contributed by atoms with Crippen molar-refractivity contribution in [3.63, 3.8) is 0 Å². The summed E-state index contributed by atoms with van der Waals surface area (Å²) in [6, 6.07) is 7.47. The van der Waals surface area contributed by atoms with Crippen LogP contribution in [0.25, 0.3) is 11.0 Å². The molecule has 1 heterocycles. The molecule has 1 aromatic carbocycles. The van der Waals surface area contributed by atoms with Crippen LogP contribution >= 0.6 is 11.6 Å². The minimum absolute atomic E-state index is 0.148. The molecule has 0 radical (unpaired) electrons. The van der Waals surface area contributed by atoms with Crippen molar-refractivity contribution in [2.75, 3.05) is 5.88 Å². The molecule has 0 aliphatic carbocycles. The Balaban J connectivity index is 2.29. The fourth-order valence-electron chi connectivity index (χ4n) is 1.71. The highest BCUT2D eigenvalue weighted by molar-refractivity contribution is 6.19. The van der Waals surface area contributed by atoms with Crippen molar-refractivity contribution in [2.24, 2.45) is 0 Å². The van der Waals surface area contributed by atoms with Gasteiger partial charge in [0.25, 0.3) is 5.91 Å². The summed E-state index contributed by atoms with van der Waals surface area (Å²) in [6.45, 7) is 3.93. The molecule has 0 aliphatic heterocycles. The normalized spacial score (nSPS) is 14.4. The Morgan fingerprint density at radius 3 is 2.83 bits per heavy atom. The minimum Gasteiger partial charge on any atom is -0.463 e. The van der Waals surface area contributed by atoms with Crippen molar-refractivity contribution in [1.82, 2.24) is 5.32 Å². The number of benzene rings is 1. The molecule has 0 saturated heterocycles. The molecule has 0 aliphatic rings. The molecule has 1 unspecified atom stereocenters. The Morgan fingerprint density at radius 1 is 1.44 bits per heavy atom. The zero-order valence-corrected chi connectivity index (χ0v) is 11.3. The van der Waals surface area contributed by atoms with Gasteiger partial charge in [0.2, 0.25) is 0 Å². The lowest BCUT2D eigenvalue weighted by Gasteiger charge is -2.26. The molecule has 1 amide bonds. The van der Waals surface area contributed by atoms with E-state index >= 15 is 0 Å². The van der Waals surface area contributed by atoms with Gasteiger partial charge in [0, 0.05) is 11.3 Å².